The van der Waals surface area contributed by atoms with Crippen molar-refractivity contribution in [1.82, 2.24) is 4.90 Å². The molecular weight excluding hydrogens is 270 g/mol. The minimum atomic E-state index is -0.897. The molecule has 1 saturated heterocycles. The number of hydrogen-bond acceptors (Lipinski definition) is 3. The van der Waals surface area contributed by atoms with Crippen molar-refractivity contribution < 1.29 is 19.4 Å². The highest BCUT2D eigenvalue weighted by Crippen LogP contribution is 2.25. The number of carbonyl (C=O) groups is 2. The van der Waals surface area contributed by atoms with E-state index in [4.69, 9.17) is 9.84 Å². The third-order valence-corrected chi connectivity index (χ3v) is 3.85. The van der Waals surface area contributed by atoms with Gasteiger partial charge in [-0.25, -0.2) is 0 Å². The second-order valence-corrected chi connectivity index (χ2v) is 5.61. The number of hydrogen-bond donors (Lipinski definition) is 1. The van der Waals surface area contributed by atoms with Crippen molar-refractivity contribution in [2.24, 2.45) is 5.92 Å². The monoisotopic (exact) mass is 291 g/mol. The Morgan fingerprint density at radius 1 is 1.48 bits per heavy atom. The maximum absolute atomic E-state index is 12.4. The lowest BCUT2D eigenvalue weighted by Crippen LogP contribution is -2.33. The third-order valence-electron chi connectivity index (χ3n) is 3.85. The summed E-state index contributed by atoms with van der Waals surface area (Å²) in [6.07, 6.45) is 0.976. The molecule has 0 radical (unpaired) electrons. The number of carboxylic acid groups (broad SMARTS) is 1. The molecule has 114 valence electrons. The first-order valence-corrected chi connectivity index (χ1v) is 7.15. The largest absolute Gasteiger partial charge is 0.481 e. The van der Waals surface area contributed by atoms with E-state index in [1.165, 1.54) is 4.90 Å². The Labute approximate surface area is 124 Å². The number of ether oxygens (including phenoxy) is 1. The lowest BCUT2D eigenvalue weighted by Gasteiger charge is -2.20. The molecule has 1 amide bonds. The van der Waals surface area contributed by atoms with Crippen LogP contribution in [0.15, 0.2) is 24.3 Å². The van der Waals surface area contributed by atoms with Crippen molar-refractivity contribution in [3.63, 3.8) is 0 Å². The van der Waals surface area contributed by atoms with Gasteiger partial charge in [0.2, 0.25) is 0 Å². The van der Waals surface area contributed by atoms with Gasteiger partial charge in [0.25, 0.3) is 5.91 Å². The van der Waals surface area contributed by atoms with Crippen molar-refractivity contribution in [2.75, 3.05) is 26.8 Å². The number of carboxylic acids is 1. The van der Waals surface area contributed by atoms with Crippen LogP contribution in [0.2, 0.25) is 0 Å². The zero-order valence-corrected chi connectivity index (χ0v) is 12.4. The smallest absolute Gasteiger partial charge is 0.308 e. The first-order valence-electron chi connectivity index (χ1n) is 7.15. The Hall–Kier alpha value is -1.88. The summed E-state index contributed by atoms with van der Waals surface area (Å²) in [5.74, 6) is -1.28. The molecule has 1 fully saturated rings. The van der Waals surface area contributed by atoms with Gasteiger partial charge in [-0.1, -0.05) is 19.1 Å². The van der Waals surface area contributed by atoms with E-state index in [1.54, 1.807) is 20.0 Å². The number of amides is 1. The van der Waals surface area contributed by atoms with Crippen LogP contribution in [0.5, 0.6) is 0 Å². The number of aliphatic carboxylic acids is 1. The lowest BCUT2D eigenvalue weighted by molar-refractivity contribution is -0.141. The molecule has 5 nitrogen and oxygen atoms in total. The summed E-state index contributed by atoms with van der Waals surface area (Å²) in [4.78, 5) is 24.7. The topological polar surface area (TPSA) is 66.8 Å². The molecule has 1 aromatic rings. The lowest BCUT2D eigenvalue weighted by atomic mass is 9.96. The van der Waals surface area contributed by atoms with Crippen molar-refractivity contribution in [1.29, 1.82) is 0 Å². The molecule has 0 aromatic heterocycles. The van der Waals surface area contributed by atoms with Crippen LogP contribution in [-0.4, -0.2) is 48.7 Å². The van der Waals surface area contributed by atoms with Crippen molar-refractivity contribution in [3.8, 4) is 0 Å². The molecule has 1 aromatic carbocycles. The Morgan fingerprint density at radius 3 is 2.86 bits per heavy atom. The van der Waals surface area contributed by atoms with Gasteiger partial charge < -0.3 is 14.7 Å². The van der Waals surface area contributed by atoms with Gasteiger partial charge in [-0.3, -0.25) is 9.59 Å². The predicted molar refractivity (Wildman–Crippen MR) is 78.4 cm³/mol. The molecule has 0 aliphatic carbocycles. The summed E-state index contributed by atoms with van der Waals surface area (Å²) in [6.45, 7) is 3.26. The van der Waals surface area contributed by atoms with E-state index in [-0.39, 0.29) is 12.5 Å². The van der Waals surface area contributed by atoms with Gasteiger partial charge in [-0.05, 0) is 24.1 Å². The highest BCUT2D eigenvalue weighted by Gasteiger charge is 2.21. The fourth-order valence-corrected chi connectivity index (χ4v) is 2.52. The molecule has 1 N–H and O–H groups in total. The molecule has 1 heterocycles. The van der Waals surface area contributed by atoms with Crippen molar-refractivity contribution >= 4 is 11.9 Å². The van der Waals surface area contributed by atoms with Crippen LogP contribution in [0.3, 0.4) is 0 Å². The second-order valence-electron chi connectivity index (χ2n) is 5.61. The summed E-state index contributed by atoms with van der Waals surface area (Å²) in [6, 6.07) is 7.54. The minimum Gasteiger partial charge on any atom is -0.481 e. The molecule has 2 rings (SSSR count). The summed E-state index contributed by atoms with van der Waals surface area (Å²) < 4.78 is 5.38. The summed E-state index contributed by atoms with van der Waals surface area (Å²) >= 11 is 0. The van der Waals surface area contributed by atoms with E-state index >= 15 is 0 Å². The van der Waals surface area contributed by atoms with Crippen LogP contribution in [-0.2, 0) is 9.53 Å². The second kappa shape index (κ2) is 6.72. The quantitative estimate of drug-likeness (QED) is 0.901. The Balaban J connectivity index is 2.08. The van der Waals surface area contributed by atoms with E-state index in [0.29, 0.717) is 18.1 Å². The SMILES string of the molecule is CC(CN(C)C(=O)c1cccc(C2CCOC2)c1)C(=O)O. The zero-order chi connectivity index (χ0) is 15.4. The highest BCUT2D eigenvalue weighted by atomic mass is 16.5. The van der Waals surface area contributed by atoms with Crippen molar-refractivity contribution in [2.45, 2.75) is 19.3 Å². The highest BCUT2D eigenvalue weighted by molar-refractivity contribution is 5.94. The average Bonchev–Trinajstić information content (AvgIpc) is 3.00. The Bertz CT molecular complexity index is 523. The Morgan fingerprint density at radius 2 is 2.24 bits per heavy atom. The number of benzene rings is 1. The fourth-order valence-electron chi connectivity index (χ4n) is 2.52. The zero-order valence-electron chi connectivity index (χ0n) is 12.4. The Kier molecular flexibility index (Phi) is 4.96. The van der Waals surface area contributed by atoms with Gasteiger partial charge in [-0.15, -0.1) is 0 Å². The van der Waals surface area contributed by atoms with Crippen LogP contribution in [0.4, 0.5) is 0 Å². The fraction of sp³-hybridized carbons (Fsp3) is 0.500. The molecule has 0 saturated carbocycles. The van der Waals surface area contributed by atoms with E-state index in [2.05, 4.69) is 0 Å². The molecular formula is C16H21NO4. The van der Waals surface area contributed by atoms with Gasteiger partial charge in [0.15, 0.2) is 0 Å². The van der Waals surface area contributed by atoms with Crippen LogP contribution in [0.25, 0.3) is 0 Å². The number of nitrogens with zero attached hydrogens (tertiary/aromatic N) is 1. The summed E-state index contributed by atoms with van der Waals surface area (Å²) in [7, 11) is 1.63. The van der Waals surface area contributed by atoms with E-state index in [9.17, 15) is 9.59 Å². The standard InChI is InChI=1S/C16H21NO4/c1-11(16(19)20)9-17(2)15(18)13-5-3-4-12(8-13)14-6-7-21-10-14/h3-5,8,11,14H,6-7,9-10H2,1-2H3,(H,19,20). The normalized spacial score (nSPS) is 19.2. The van der Waals surface area contributed by atoms with Crippen LogP contribution >= 0.6 is 0 Å². The number of carbonyl (C=O) groups excluding carboxylic acids is 1. The third kappa shape index (κ3) is 3.82. The number of rotatable bonds is 5. The molecule has 21 heavy (non-hydrogen) atoms. The van der Waals surface area contributed by atoms with Crippen LogP contribution < -0.4 is 0 Å². The van der Waals surface area contributed by atoms with Gasteiger partial charge in [0.05, 0.1) is 12.5 Å². The molecule has 1 aliphatic heterocycles. The molecule has 2 atom stereocenters. The summed E-state index contributed by atoms with van der Waals surface area (Å²) in [5.41, 5.74) is 1.71. The van der Waals surface area contributed by atoms with E-state index in [0.717, 1.165) is 18.6 Å². The van der Waals surface area contributed by atoms with E-state index in [1.807, 2.05) is 18.2 Å². The van der Waals surface area contributed by atoms with Crippen LogP contribution in [0, 0.1) is 5.92 Å². The molecule has 2 unspecified atom stereocenters. The molecule has 1 aliphatic rings. The van der Waals surface area contributed by atoms with E-state index < -0.39 is 11.9 Å². The minimum absolute atomic E-state index is 0.149. The molecule has 5 heteroatoms. The van der Waals surface area contributed by atoms with Gasteiger partial charge in [0.1, 0.15) is 0 Å². The van der Waals surface area contributed by atoms with Crippen LogP contribution in [0.1, 0.15) is 35.2 Å². The maximum atomic E-state index is 12.4. The first kappa shape index (κ1) is 15.5. The summed E-state index contributed by atoms with van der Waals surface area (Å²) in [5, 5.41) is 8.92. The predicted octanol–water partition coefficient (Wildman–Crippen LogP) is 1.98. The van der Waals surface area contributed by atoms with Gasteiger partial charge >= 0.3 is 5.97 Å². The molecule has 0 bridgehead atoms. The average molecular weight is 291 g/mol. The van der Waals surface area contributed by atoms with Gasteiger partial charge in [0, 0.05) is 31.7 Å². The maximum Gasteiger partial charge on any atom is 0.308 e. The van der Waals surface area contributed by atoms with Gasteiger partial charge in [-0.2, -0.15) is 0 Å². The van der Waals surface area contributed by atoms with Crippen molar-refractivity contribution in [3.05, 3.63) is 35.4 Å². The first-order chi connectivity index (χ1) is 9.99. The molecule has 0 spiro atoms.